The lowest BCUT2D eigenvalue weighted by molar-refractivity contribution is -0.186. The summed E-state index contributed by atoms with van der Waals surface area (Å²) < 4.78 is 27.6. The van der Waals surface area contributed by atoms with Crippen LogP contribution in [-0.2, 0) is 14.3 Å². The van der Waals surface area contributed by atoms with Crippen LogP contribution in [0.3, 0.4) is 0 Å². The Kier molecular flexibility index (Phi) is 3.83. The summed E-state index contributed by atoms with van der Waals surface area (Å²) in [6.07, 6.45) is 1.01. The first-order valence-electron chi connectivity index (χ1n) is 5.14. The summed E-state index contributed by atoms with van der Waals surface area (Å²) in [6, 6.07) is 0. The molecule has 1 heterocycles. The Balaban J connectivity index is 3.08. The average Bonchev–Trinajstić information content (AvgIpc) is 2.23. The van der Waals surface area contributed by atoms with Crippen LogP contribution in [0.15, 0.2) is 10.1 Å². The molecule has 5 nitrogen and oxygen atoms in total. The molecule has 1 rings (SSSR count). The Labute approximate surface area is 111 Å². The van der Waals surface area contributed by atoms with Crippen molar-refractivity contribution in [2.75, 3.05) is 12.9 Å². The molecule has 0 amide bonds. The van der Waals surface area contributed by atoms with Gasteiger partial charge in [-0.2, -0.15) is 13.5 Å². The van der Waals surface area contributed by atoms with Gasteiger partial charge in [-0.15, -0.1) is 0 Å². The van der Waals surface area contributed by atoms with Crippen LogP contribution < -0.4 is 0 Å². The van der Waals surface area contributed by atoms with Gasteiger partial charge in [0.05, 0.1) is 23.9 Å². The van der Waals surface area contributed by atoms with E-state index in [2.05, 4.69) is 15.9 Å². The number of hydrogen-bond acceptors (Lipinski definition) is 5. The SMILES string of the molecule is CC1(C)C(Br)=C(COS(C)(=O)=O)C(C)(C)N1O. The minimum Gasteiger partial charge on any atom is -0.312 e. The molecular formula is C10H18BrNO4S. The zero-order valence-electron chi connectivity index (χ0n) is 10.6. The summed E-state index contributed by atoms with van der Waals surface area (Å²) in [5, 5.41) is 11.3. The molecule has 0 aromatic carbocycles. The fourth-order valence-corrected chi connectivity index (χ4v) is 3.06. The van der Waals surface area contributed by atoms with E-state index in [1.165, 1.54) is 5.06 Å². The van der Waals surface area contributed by atoms with Gasteiger partial charge < -0.3 is 5.21 Å². The third-order valence-corrected chi connectivity index (χ3v) is 5.01. The highest BCUT2D eigenvalue weighted by atomic mass is 79.9. The van der Waals surface area contributed by atoms with Crippen molar-refractivity contribution in [3.05, 3.63) is 10.1 Å². The Bertz CT molecular complexity index is 453. The molecule has 0 bridgehead atoms. The average molecular weight is 328 g/mol. The molecule has 0 aliphatic carbocycles. The van der Waals surface area contributed by atoms with Crippen LogP contribution in [0.1, 0.15) is 27.7 Å². The fourth-order valence-electron chi connectivity index (χ4n) is 1.96. The zero-order valence-corrected chi connectivity index (χ0v) is 13.0. The highest BCUT2D eigenvalue weighted by Gasteiger charge is 2.50. The van der Waals surface area contributed by atoms with Crippen LogP contribution in [-0.4, -0.2) is 42.6 Å². The predicted molar refractivity (Wildman–Crippen MR) is 68.5 cm³/mol. The molecule has 7 heteroatoms. The molecule has 0 aromatic heterocycles. The second kappa shape index (κ2) is 4.31. The molecule has 100 valence electrons. The molecule has 0 radical (unpaired) electrons. The smallest absolute Gasteiger partial charge is 0.264 e. The molecule has 0 atom stereocenters. The minimum atomic E-state index is -3.50. The molecule has 1 aliphatic rings. The maximum atomic E-state index is 11.0. The third kappa shape index (κ3) is 2.73. The van der Waals surface area contributed by atoms with Gasteiger partial charge in [0.2, 0.25) is 0 Å². The number of halogens is 1. The lowest BCUT2D eigenvalue weighted by Gasteiger charge is -2.36. The molecule has 17 heavy (non-hydrogen) atoms. The van der Waals surface area contributed by atoms with Crippen LogP contribution in [0.5, 0.6) is 0 Å². The highest BCUT2D eigenvalue weighted by Crippen LogP contribution is 2.46. The quantitative estimate of drug-likeness (QED) is 0.801. The van der Waals surface area contributed by atoms with Crippen molar-refractivity contribution in [3.63, 3.8) is 0 Å². The highest BCUT2D eigenvalue weighted by molar-refractivity contribution is 9.11. The summed E-state index contributed by atoms with van der Waals surface area (Å²) in [4.78, 5) is 0. The van der Waals surface area contributed by atoms with Crippen LogP contribution in [0, 0.1) is 0 Å². The van der Waals surface area contributed by atoms with Crippen molar-refractivity contribution < 1.29 is 17.8 Å². The third-order valence-electron chi connectivity index (χ3n) is 3.02. The Morgan fingerprint density at radius 3 is 2.06 bits per heavy atom. The van der Waals surface area contributed by atoms with Crippen molar-refractivity contribution in [2.45, 2.75) is 38.8 Å². The topological polar surface area (TPSA) is 66.8 Å². The van der Waals surface area contributed by atoms with E-state index in [9.17, 15) is 13.6 Å². The number of nitrogens with zero attached hydrogens (tertiary/aromatic N) is 1. The molecule has 0 saturated heterocycles. The molecule has 0 fully saturated rings. The monoisotopic (exact) mass is 327 g/mol. The molecule has 1 N–H and O–H groups in total. The van der Waals surface area contributed by atoms with Crippen LogP contribution in [0.4, 0.5) is 0 Å². The summed E-state index contributed by atoms with van der Waals surface area (Å²) in [6.45, 7) is 7.24. The maximum Gasteiger partial charge on any atom is 0.264 e. The fraction of sp³-hybridized carbons (Fsp3) is 0.800. The van der Waals surface area contributed by atoms with Gasteiger partial charge in [-0.05, 0) is 33.3 Å². The van der Waals surface area contributed by atoms with Gasteiger partial charge in [0, 0.05) is 4.48 Å². The van der Waals surface area contributed by atoms with Crippen molar-refractivity contribution in [3.8, 4) is 0 Å². The summed E-state index contributed by atoms with van der Waals surface area (Å²) in [5.74, 6) is 0. The lowest BCUT2D eigenvalue weighted by Crippen LogP contribution is -2.48. The van der Waals surface area contributed by atoms with Gasteiger partial charge in [-0.1, -0.05) is 15.9 Å². The van der Waals surface area contributed by atoms with Crippen molar-refractivity contribution in [1.29, 1.82) is 0 Å². The zero-order chi connectivity index (χ0) is 13.6. The van der Waals surface area contributed by atoms with E-state index in [1.807, 2.05) is 27.7 Å². The van der Waals surface area contributed by atoms with Gasteiger partial charge in [-0.3, -0.25) is 4.18 Å². The van der Waals surface area contributed by atoms with Gasteiger partial charge in [0.15, 0.2) is 0 Å². The van der Waals surface area contributed by atoms with E-state index >= 15 is 0 Å². The van der Waals surface area contributed by atoms with E-state index in [1.54, 1.807) is 0 Å². The summed E-state index contributed by atoms with van der Waals surface area (Å²) in [5.41, 5.74) is -0.553. The van der Waals surface area contributed by atoms with E-state index in [-0.39, 0.29) is 6.61 Å². The van der Waals surface area contributed by atoms with Gasteiger partial charge in [0.1, 0.15) is 0 Å². The molecule has 1 aliphatic heterocycles. The minimum absolute atomic E-state index is 0.0626. The molecular weight excluding hydrogens is 310 g/mol. The van der Waals surface area contributed by atoms with E-state index in [4.69, 9.17) is 4.18 Å². The van der Waals surface area contributed by atoms with Crippen molar-refractivity contribution >= 4 is 26.0 Å². The second-order valence-electron chi connectivity index (χ2n) is 5.19. The maximum absolute atomic E-state index is 11.0. The van der Waals surface area contributed by atoms with Gasteiger partial charge in [-0.25, -0.2) is 0 Å². The van der Waals surface area contributed by atoms with Gasteiger partial charge in [0.25, 0.3) is 10.1 Å². The van der Waals surface area contributed by atoms with E-state index < -0.39 is 21.2 Å². The van der Waals surface area contributed by atoms with Crippen molar-refractivity contribution in [1.82, 2.24) is 5.06 Å². The predicted octanol–water partition coefficient (Wildman–Crippen LogP) is 1.87. The Morgan fingerprint density at radius 1 is 1.29 bits per heavy atom. The van der Waals surface area contributed by atoms with Crippen LogP contribution in [0.25, 0.3) is 0 Å². The summed E-state index contributed by atoms with van der Waals surface area (Å²) in [7, 11) is -3.50. The molecule has 0 aromatic rings. The molecule has 0 unspecified atom stereocenters. The summed E-state index contributed by atoms with van der Waals surface area (Å²) >= 11 is 3.41. The number of hydrogen-bond donors (Lipinski definition) is 1. The van der Waals surface area contributed by atoms with Crippen molar-refractivity contribution in [2.24, 2.45) is 0 Å². The first-order chi connectivity index (χ1) is 7.40. The Hall–Kier alpha value is 0.0500. The first-order valence-corrected chi connectivity index (χ1v) is 7.75. The van der Waals surface area contributed by atoms with Crippen LogP contribution in [0.2, 0.25) is 0 Å². The Morgan fingerprint density at radius 2 is 1.76 bits per heavy atom. The standard InChI is InChI=1S/C10H18BrNO4S/c1-9(2)7(6-16-17(5,14)15)8(11)10(3,4)12(9)13/h13H,6H2,1-5H3. The largest absolute Gasteiger partial charge is 0.312 e. The molecule has 0 spiro atoms. The number of hydroxylamine groups is 2. The van der Waals surface area contributed by atoms with E-state index in [0.29, 0.717) is 0 Å². The molecule has 0 saturated carbocycles. The number of rotatable bonds is 3. The second-order valence-corrected chi connectivity index (χ2v) is 7.63. The first kappa shape index (κ1) is 15.1. The van der Waals surface area contributed by atoms with Crippen LogP contribution >= 0.6 is 15.9 Å². The van der Waals surface area contributed by atoms with Gasteiger partial charge >= 0.3 is 0 Å². The lowest BCUT2D eigenvalue weighted by atomic mass is 9.97. The normalized spacial score (nSPS) is 24.4. The van der Waals surface area contributed by atoms with E-state index in [0.717, 1.165) is 16.3 Å².